The van der Waals surface area contributed by atoms with Gasteiger partial charge in [0, 0.05) is 19.5 Å². The average Bonchev–Trinajstić information content (AvgIpc) is 3.24. The van der Waals surface area contributed by atoms with Gasteiger partial charge in [-0.3, -0.25) is 4.79 Å². The molecule has 2 aromatic heterocycles. The first-order chi connectivity index (χ1) is 11.8. The van der Waals surface area contributed by atoms with E-state index in [1.165, 1.54) is 32.1 Å². The summed E-state index contributed by atoms with van der Waals surface area (Å²) in [6.45, 7) is 1.37. The predicted molar refractivity (Wildman–Crippen MR) is 87.1 cm³/mol. The van der Waals surface area contributed by atoms with Crippen molar-refractivity contribution in [3.05, 3.63) is 24.3 Å². The highest BCUT2D eigenvalue weighted by Crippen LogP contribution is 2.30. The van der Waals surface area contributed by atoms with E-state index in [2.05, 4.69) is 10.1 Å². The highest BCUT2D eigenvalue weighted by molar-refractivity contribution is 5.77. The number of likely N-dealkylation sites (tertiary alicyclic amines) is 1. The summed E-state index contributed by atoms with van der Waals surface area (Å²) in [5.41, 5.74) is 0. The Bertz CT molecular complexity index is 668. The Hall–Kier alpha value is -2.11. The van der Waals surface area contributed by atoms with E-state index < -0.39 is 0 Å². The summed E-state index contributed by atoms with van der Waals surface area (Å²) in [5, 5.41) is 3.95. The number of carbonyl (C=O) groups excluding carboxylic acids is 1. The van der Waals surface area contributed by atoms with Crippen molar-refractivity contribution in [2.45, 2.75) is 50.9 Å². The van der Waals surface area contributed by atoms with Crippen molar-refractivity contribution in [3.63, 3.8) is 0 Å². The fraction of sp³-hybridized carbons (Fsp3) is 0.611. The van der Waals surface area contributed by atoms with Crippen molar-refractivity contribution in [1.82, 2.24) is 15.0 Å². The average molecular weight is 329 g/mol. The van der Waals surface area contributed by atoms with E-state index in [9.17, 15) is 4.79 Å². The van der Waals surface area contributed by atoms with Crippen LogP contribution in [0.4, 0.5) is 0 Å². The standard InChI is InChI=1S/C18H23N3O3/c22-16(9-8-13-5-2-1-3-6-13)21-11-14(12-21)18-19-17(20-24-18)15-7-4-10-23-15/h4,7,10,13-14H,1-3,5-6,8-9,11-12H2. The summed E-state index contributed by atoms with van der Waals surface area (Å²) in [5.74, 6) is 2.84. The van der Waals surface area contributed by atoms with Crippen LogP contribution in [0.5, 0.6) is 0 Å². The van der Waals surface area contributed by atoms with Crippen LogP contribution in [-0.4, -0.2) is 34.0 Å². The van der Waals surface area contributed by atoms with Gasteiger partial charge in [-0.1, -0.05) is 37.3 Å². The molecule has 2 aromatic rings. The van der Waals surface area contributed by atoms with Gasteiger partial charge in [0.05, 0.1) is 12.2 Å². The Morgan fingerprint density at radius 1 is 1.25 bits per heavy atom. The number of hydrogen-bond acceptors (Lipinski definition) is 5. The smallest absolute Gasteiger partial charge is 0.238 e. The second-order valence-corrected chi connectivity index (χ2v) is 6.97. The molecule has 6 nitrogen and oxygen atoms in total. The first-order valence-corrected chi connectivity index (χ1v) is 8.95. The third-order valence-electron chi connectivity index (χ3n) is 5.26. The number of aromatic nitrogens is 2. The van der Waals surface area contributed by atoms with Crippen molar-refractivity contribution in [2.75, 3.05) is 13.1 Å². The molecule has 1 aliphatic carbocycles. The summed E-state index contributed by atoms with van der Waals surface area (Å²) >= 11 is 0. The Labute approximate surface area is 141 Å². The lowest BCUT2D eigenvalue weighted by molar-refractivity contribution is -0.136. The number of carbonyl (C=O) groups is 1. The quantitative estimate of drug-likeness (QED) is 0.838. The maximum atomic E-state index is 12.3. The second-order valence-electron chi connectivity index (χ2n) is 6.97. The van der Waals surface area contributed by atoms with Crippen LogP contribution < -0.4 is 0 Å². The van der Waals surface area contributed by atoms with Gasteiger partial charge in [0.2, 0.25) is 17.6 Å². The molecule has 0 unspecified atom stereocenters. The lowest BCUT2D eigenvalue weighted by Crippen LogP contribution is -2.48. The van der Waals surface area contributed by atoms with Crippen molar-refractivity contribution in [1.29, 1.82) is 0 Å². The summed E-state index contributed by atoms with van der Waals surface area (Å²) in [4.78, 5) is 18.6. The molecule has 128 valence electrons. The van der Waals surface area contributed by atoms with E-state index in [0.717, 1.165) is 12.3 Å². The maximum Gasteiger partial charge on any atom is 0.238 e. The molecule has 1 amide bonds. The summed E-state index contributed by atoms with van der Waals surface area (Å²) in [7, 11) is 0. The highest BCUT2D eigenvalue weighted by Gasteiger charge is 2.35. The van der Waals surface area contributed by atoms with Crippen molar-refractivity contribution in [3.8, 4) is 11.6 Å². The molecular formula is C18H23N3O3. The van der Waals surface area contributed by atoms with Gasteiger partial charge in [-0.2, -0.15) is 4.98 Å². The minimum Gasteiger partial charge on any atom is -0.461 e. The molecule has 2 fully saturated rings. The molecule has 0 radical (unpaired) electrons. The van der Waals surface area contributed by atoms with Crippen LogP contribution in [0.15, 0.2) is 27.3 Å². The monoisotopic (exact) mass is 329 g/mol. The Morgan fingerprint density at radius 3 is 2.83 bits per heavy atom. The molecule has 2 aliphatic rings. The zero-order valence-corrected chi connectivity index (χ0v) is 13.8. The molecule has 1 saturated heterocycles. The lowest BCUT2D eigenvalue weighted by Gasteiger charge is -2.37. The van der Waals surface area contributed by atoms with Crippen molar-refractivity contribution in [2.24, 2.45) is 5.92 Å². The van der Waals surface area contributed by atoms with Gasteiger partial charge in [0.1, 0.15) is 0 Å². The van der Waals surface area contributed by atoms with Gasteiger partial charge < -0.3 is 13.8 Å². The predicted octanol–water partition coefficient (Wildman–Crippen LogP) is 3.62. The van der Waals surface area contributed by atoms with Gasteiger partial charge in [-0.25, -0.2) is 0 Å². The SMILES string of the molecule is O=C(CCC1CCCCC1)N1CC(c2nc(-c3ccco3)no2)C1. The fourth-order valence-electron chi connectivity index (χ4n) is 3.71. The first kappa shape index (κ1) is 15.4. The van der Waals surface area contributed by atoms with E-state index in [0.29, 0.717) is 37.0 Å². The van der Waals surface area contributed by atoms with Gasteiger partial charge in [-0.05, 0) is 24.5 Å². The first-order valence-electron chi connectivity index (χ1n) is 8.95. The lowest BCUT2D eigenvalue weighted by atomic mass is 9.86. The van der Waals surface area contributed by atoms with Crippen LogP contribution >= 0.6 is 0 Å². The highest BCUT2D eigenvalue weighted by atomic mass is 16.5. The van der Waals surface area contributed by atoms with Crippen LogP contribution in [0, 0.1) is 5.92 Å². The molecule has 3 heterocycles. The molecule has 24 heavy (non-hydrogen) atoms. The van der Waals surface area contributed by atoms with E-state index in [4.69, 9.17) is 8.94 Å². The fourth-order valence-corrected chi connectivity index (χ4v) is 3.71. The minimum absolute atomic E-state index is 0.153. The summed E-state index contributed by atoms with van der Waals surface area (Å²) < 4.78 is 10.6. The molecule has 4 rings (SSSR count). The van der Waals surface area contributed by atoms with E-state index in [-0.39, 0.29) is 11.8 Å². The summed E-state index contributed by atoms with van der Waals surface area (Å²) in [6.07, 6.45) is 9.94. The molecule has 1 aliphatic heterocycles. The molecular weight excluding hydrogens is 306 g/mol. The van der Waals surface area contributed by atoms with Crippen LogP contribution in [0.25, 0.3) is 11.6 Å². The molecule has 0 spiro atoms. The zero-order valence-electron chi connectivity index (χ0n) is 13.8. The normalized spacial score (nSPS) is 19.4. The molecule has 6 heteroatoms. The topological polar surface area (TPSA) is 72.4 Å². The maximum absolute atomic E-state index is 12.3. The number of amides is 1. The third kappa shape index (κ3) is 3.23. The van der Waals surface area contributed by atoms with Crippen molar-refractivity contribution < 1.29 is 13.7 Å². The van der Waals surface area contributed by atoms with Gasteiger partial charge >= 0.3 is 0 Å². The second kappa shape index (κ2) is 6.79. The number of nitrogens with zero attached hydrogens (tertiary/aromatic N) is 3. The molecule has 0 bridgehead atoms. The third-order valence-corrected chi connectivity index (χ3v) is 5.26. The minimum atomic E-state index is 0.153. The van der Waals surface area contributed by atoms with Crippen LogP contribution in [0.2, 0.25) is 0 Å². The molecule has 0 N–H and O–H groups in total. The Kier molecular flexibility index (Phi) is 4.36. The molecule has 0 atom stereocenters. The van der Waals surface area contributed by atoms with Gasteiger partial charge in [0.25, 0.3) is 0 Å². The Balaban J connectivity index is 1.24. The largest absolute Gasteiger partial charge is 0.461 e. The molecule has 1 saturated carbocycles. The van der Waals surface area contributed by atoms with E-state index >= 15 is 0 Å². The number of rotatable bonds is 5. The van der Waals surface area contributed by atoms with E-state index in [1.807, 2.05) is 4.90 Å². The van der Waals surface area contributed by atoms with Crippen LogP contribution in [0.3, 0.4) is 0 Å². The summed E-state index contributed by atoms with van der Waals surface area (Å²) in [6, 6.07) is 3.60. The van der Waals surface area contributed by atoms with Crippen molar-refractivity contribution >= 4 is 5.91 Å². The number of hydrogen-bond donors (Lipinski definition) is 0. The molecule has 0 aromatic carbocycles. The van der Waals surface area contributed by atoms with Gasteiger partial charge in [-0.15, -0.1) is 0 Å². The van der Waals surface area contributed by atoms with E-state index in [1.54, 1.807) is 18.4 Å². The van der Waals surface area contributed by atoms with Gasteiger partial charge in [0.15, 0.2) is 5.76 Å². The zero-order chi connectivity index (χ0) is 16.4. The van der Waals surface area contributed by atoms with Crippen LogP contribution in [-0.2, 0) is 4.79 Å². The van der Waals surface area contributed by atoms with Crippen LogP contribution in [0.1, 0.15) is 56.8 Å². The Morgan fingerprint density at radius 2 is 2.08 bits per heavy atom. The number of furan rings is 1.